The summed E-state index contributed by atoms with van der Waals surface area (Å²) in [6.07, 6.45) is 0. The number of hydrogen-bond acceptors (Lipinski definition) is 4. The average molecular weight is 261 g/mol. The van der Waals surface area contributed by atoms with E-state index in [1.54, 1.807) is 7.11 Å². The van der Waals surface area contributed by atoms with E-state index in [0.717, 1.165) is 31.9 Å². The summed E-state index contributed by atoms with van der Waals surface area (Å²) in [5, 5.41) is 3.33. The summed E-state index contributed by atoms with van der Waals surface area (Å²) in [6.45, 7) is 12.1. The second-order valence-electron chi connectivity index (χ2n) is 4.34. The van der Waals surface area contributed by atoms with Crippen LogP contribution >= 0.6 is 0 Å². The van der Waals surface area contributed by atoms with Crippen LogP contribution in [0.2, 0.25) is 0 Å². The lowest BCUT2D eigenvalue weighted by molar-refractivity contribution is 0.147. The molecule has 1 heterocycles. The van der Waals surface area contributed by atoms with Crippen LogP contribution in [0.5, 0.6) is 5.75 Å². The highest BCUT2D eigenvalue weighted by atomic mass is 16.5. The fraction of sp³-hybridized carbons (Fsp3) is 0.500. The van der Waals surface area contributed by atoms with Crippen LogP contribution in [0.15, 0.2) is 18.2 Å². The third-order valence-electron chi connectivity index (χ3n) is 3.09. The zero-order valence-corrected chi connectivity index (χ0v) is 11.2. The summed E-state index contributed by atoms with van der Waals surface area (Å²) in [7, 11) is 1.64. The fourth-order valence-corrected chi connectivity index (χ4v) is 2.07. The molecule has 1 aliphatic heterocycles. The maximum atomic E-state index is 7.17. The van der Waals surface area contributed by atoms with Crippen LogP contribution in [-0.4, -0.2) is 46.5 Å². The van der Waals surface area contributed by atoms with Crippen LogP contribution in [0.4, 0.5) is 11.4 Å². The molecule has 0 radical (unpaired) electrons. The van der Waals surface area contributed by atoms with Crippen molar-refractivity contribution >= 4 is 11.4 Å². The van der Waals surface area contributed by atoms with Crippen molar-refractivity contribution in [1.82, 2.24) is 5.32 Å². The van der Waals surface area contributed by atoms with Gasteiger partial charge in [-0.25, -0.2) is 4.85 Å². The van der Waals surface area contributed by atoms with Crippen LogP contribution in [0.1, 0.15) is 0 Å². The van der Waals surface area contributed by atoms with Gasteiger partial charge in [0.2, 0.25) is 5.69 Å². The van der Waals surface area contributed by atoms with Crippen molar-refractivity contribution in [1.29, 1.82) is 0 Å². The van der Waals surface area contributed by atoms with Gasteiger partial charge < -0.3 is 19.7 Å². The van der Waals surface area contributed by atoms with Gasteiger partial charge in [0.15, 0.2) is 0 Å². The first-order chi connectivity index (χ1) is 9.35. The van der Waals surface area contributed by atoms with E-state index >= 15 is 0 Å². The van der Waals surface area contributed by atoms with Crippen molar-refractivity contribution in [2.24, 2.45) is 0 Å². The zero-order chi connectivity index (χ0) is 13.5. The number of nitrogens with zero attached hydrogens (tertiary/aromatic N) is 2. The topological polar surface area (TPSA) is 38.1 Å². The summed E-state index contributed by atoms with van der Waals surface area (Å²) >= 11 is 0. The molecule has 1 saturated heterocycles. The van der Waals surface area contributed by atoms with E-state index < -0.39 is 0 Å². The number of ether oxygens (including phenoxy) is 2. The van der Waals surface area contributed by atoms with Gasteiger partial charge in [0.1, 0.15) is 12.4 Å². The first-order valence-corrected chi connectivity index (χ1v) is 6.44. The van der Waals surface area contributed by atoms with E-state index in [0.29, 0.717) is 24.7 Å². The van der Waals surface area contributed by atoms with Crippen molar-refractivity contribution in [2.75, 3.05) is 51.4 Å². The Morgan fingerprint density at radius 3 is 2.79 bits per heavy atom. The van der Waals surface area contributed by atoms with Gasteiger partial charge in [-0.05, 0) is 12.1 Å². The van der Waals surface area contributed by atoms with Crippen LogP contribution in [0.25, 0.3) is 4.85 Å². The minimum Gasteiger partial charge on any atom is -0.502 e. The lowest BCUT2D eigenvalue weighted by atomic mass is 10.2. The Morgan fingerprint density at radius 1 is 1.32 bits per heavy atom. The number of nitrogens with one attached hydrogen (secondary N) is 1. The van der Waals surface area contributed by atoms with Crippen LogP contribution in [-0.2, 0) is 4.74 Å². The molecular formula is C14H19N3O2. The summed E-state index contributed by atoms with van der Waals surface area (Å²) < 4.78 is 10.6. The lowest BCUT2D eigenvalue weighted by Gasteiger charge is -2.29. The molecule has 1 aliphatic rings. The van der Waals surface area contributed by atoms with E-state index in [-0.39, 0.29) is 0 Å². The summed E-state index contributed by atoms with van der Waals surface area (Å²) in [5.41, 5.74) is 1.66. The number of benzene rings is 1. The van der Waals surface area contributed by atoms with Gasteiger partial charge in [0.05, 0.1) is 13.2 Å². The van der Waals surface area contributed by atoms with Gasteiger partial charge in [-0.3, -0.25) is 0 Å². The van der Waals surface area contributed by atoms with E-state index in [1.807, 2.05) is 18.2 Å². The highest BCUT2D eigenvalue weighted by molar-refractivity contribution is 5.65. The number of piperazine rings is 1. The predicted octanol–water partition coefficient (Wildman–Crippen LogP) is 1.67. The quantitative estimate of drug-likeness (QED) is 0.646. The van der Waals surface area contributed by atoms with Crippen molar-refractivity contribution < 1.29 is 9.47 Å². The smallest absolute Gasteiger partial charge is 0.228 e. The van der Waals surface area contributed by atoms with Crippen molar-refractivity contribution in [2.45, 2.75) is 0 Å². The highest BCUT2D eigenvalue weighted by Crippen LogP contribution is 2.32. The molecular weight excluding hydrogens is 242 g/mol. The Kier molecular flexibility index (Phi) is 5.01. The van der Waals surface area contributed by atoms with Gasteiger partial charge in [-0.15, -0.1) is 0 Å². The summed E-state index contributed by atoms with van der Waals surface area (Å²) in [4.78, 5) is 5.79. The molecule has 0 aromatic heterocycles. The largest absolute Gasteiger partial charge is 0.502 e. The second kappa shape index (κ2) is 6.98. The van der Waals surface area contributed by atoms with Crippen LogP contribution < -0.4 is 15.0 Å². The number of methoxy groups -OCH3 is 1. The normalized spacial score (nSPS) is 15.1. The monoisotopic (exact) mass is 261 g/mol. The Balaban J connectivity index is 2.12. The molecule has 1 fully saturated rings. The Hall–Kier alpha value is -1.77. The number of hydrogen-bond donors (Lipinski definition) is 1. The molecule has 0 bridgehead atoms. The molecule has 2 rings (SSSR count). The molecule has 0 amide bonds. The van der Waals surface area contributed by atoms with E-state index in [9.17, 15) is 0 Å². The standard InChI is InChI=1S/C14H19N3O2/c1-15-13-4-3-12(17-7-5-16-6-8-17)11-14(13)19-10-9-18-2/h3-4,11,16H,5-10H2,2H3. The molecule has 0 atom stereocenters. The first kappa shape index (κ1) is 13.7. The predicted molar refractivity (Wildman–Crippen MR) is 75.2 cm³/mol. The molecule has 1 N–H and O–H groups in total. The van der Waals surface area contributed by atoms with E-state index in [4.69, 9.17) is 16.0 Å². The minimum absolute atomic E-state index is 0.462. The Morgan fingerprint density at radius 2 is 2.11 bits per heavy atom. The molecule has 102 valence electrons. The molecule has 0 saturated carbocycles. The van der Waals surface area contributed by atoms with Gasteiger partial charge in [0.25, 0.3) is 0 Å². The van der Waals surface area contributed by atoms with Gasteiger partial charge in [-0.2, -0.15) is 0 Å². The maximum absolute atomic E-state index is 7.17. The number of anilines is 1. The van der Waals surface area contributed by atoms with Crippen molar-refractivity contribution in [3.05, 3.63) is 29.6 Å². The maximum Gasteiger partial charge on any atom is 0.228 e. The lowest BCUT2D eigenvalue weighted by Crippen LogP contribution is -2.43. The Labute approximate surface area is 113 Å². The SMILES string of the molecule is [C-]#[N+]c1ccc(N2CCNCC2)cc1OCCOC. The van der Waals surface area contributed by atoms with Gasteiger partial charge in [0, 0.05) is 39.0 Å². The molecule has 5 nitrogen and oxygen atoms in total. The number of rotatable bonds is 5. The summed E-state index contributed by atoms with van der Waals surface area (Å²) in [5.74, 6) is 0.642. The van der Waals surface area contributed by atoms with E-state index in [1.165, 1.54) is 0 Å². The molecule has 0 unspecified atom stereocenters. The average Bonchev–Trinajstić information content (AvgIpc) is 2.48. The highest BCUT2D eigenvalue weighted by Gasteiger charge is 2.13. The molecule has 0 aliphatic carbocycles. The molecule has 5 heteroatoms. The third kappa shape index (κ3) is 3.60. The summed E-state index contributed by atoms with van der Waals surface area (Å²) in [6, 6.07) is 5.77. The van der Waals surface area contributed by atoms with Gasteiger partial charge in [-0.1, -0.05) is 6.07 Å². The Bertz CT molecular complexity index is 450. The second-order valence-corrected chi connectivity index (χ2v) is 4.34. The first-order valence-electron chi connectivity index (χ1n) is 6.44. The van der Waals surface area contributed by atoms with Crippen LogP contribution in [0.3, 0.4) is 0 Å². The van der Waals surface area contributed by atoms with Gasteiger partial charge >= 0.3 is 0 Å². The van der Waals surface area contributed by atoms with Crippen LogP contribution in [0, 0.1) is 6.57 Å². The zero-order valence-electron chi connectivity index (χ0n) is 11.2. The molecule has 0 spiro atoms. The molecule has 1 aromatic rings. The fourth-order valence-electron chi connectivity index (χ4n) is 2.07. The van der Waals surface area contributed by atoms with E-state index in [2.05, 4.69) is 15.1 Å². The van der Waals surface area contributed by atoms with Crippen molar-refractivity contribution in [3.8, 4) is 5.75 Å². The minimum atomic E-state index is 0.462. The third-order valence-corrected chi connectivity index (χ3v) is 3.09. The molecule has 19 heavy (non-hydrogen) atoms. The van der Waals surface area contributed by atoms with Crippen molar-refractivity contribution in [3.63, 3.8) is 0 Å². The molecule has 1 aromatic carbocycles.